The molecule has 1 fully saturated rings. The zero-order valence-electron chi connectivity index (χ0n) is 11.1. The van der Waals surface area contributed by atoms with E-state index >= 15 is 0 Å². The van der Waals surface area contributed by atoms with Crippen LogP contribution in [-0.4, -0.2) is 31.4 Å². The minimum absolute atomic E-state index is 0.0494. The van der Waals surface area contributed by atoms with Crippen LogP contribution in [0.4, 0.5) is 11.6 Å². The number of hydrogen-bond donors (Lipinski definition) is 1. The summed E-state index contributed by atoms with van der Waals surface area (Å²) in [5.41, 5.74) is 0. The molecule has 0 amide bonds. The fourth-order valence-electron chi connectivity index (χ4n) is 2.73. The molecule has 1 N–H and O–H groups in total. The molecule has 3 rings (SSSR count). The summed E-state index contributed by atoms with van der Waals surface area (Å²) >= 11 is 3.34. The second kappa shape index (κ2) is 5.61. The number of hydrogen-bond acceptors (Lipinski definition) is 6. The van der Waals surface area contributed by atoms with E-state index in [0.29, 0.717) is 16.0 Å². The first-order chi connectivity index (χ1) is 9.70. The maximum atomic E-state index is 11.3. The smallest absolute Gasteiger partial charge is 0.359 e. The highest BCUT2D eigenvalue weighted by Crippen LogP contribution is 2.35. The number of thioether (sulfide) groups is 1. The van der Waals surface area contributed by atoms with Crippen LogP contribution in [0.25, 0.3) is 4.96 Å². The molecule has 2 aromatic heterocycles. The zero-order chi connectivity index (χ0) is 14.1. The molecule has 2 aromatic rings. The van der Waals surface area contributed by atoms with Gasteiger partial charge in [-0.25, -0.2) is 0 Å². The summed E-state index contributed by atoms with van der Waals surface area (Å²) < 4.78 is 1.55. The van der Waals surface area contributed by atoms with Crippen LogP contribution >= 0.6 is 23.1 Å². The summed E-state index contributed by atoms with van der Waals surface area (Å²) in [6.07, 6.45) is 5.10. The SMILES string of the molecule is CCSC1CCCC1Nc1nc2sccn2c1[N+](=O)[O-]. The van der Waals surface area contributed by atoms with Crippen molar-refractivity contribution in [3.05, 3.63) is 21.7 Å². The van der Waals surface area contributed by atoms with Crippen molar-refractivity contribution in [2.45, 2.75) is 37.5 Å². The Hall–Kier alpha value is -1.28. The van der Waals surface area contributed by atoms with Crippen LogP contribution in [0.3, 0.4) is 0 Å². The van der Waals surface area contributed by atoms with Crippen molar-refractivity contribution in [2.75, 3.05) is 11.1 Å². The highest BCUT2D eigenvalue weighted by molar-refractivity contribution is 7.99. The van der Waals surface area contributed by atoms with Gasteiger partial charge in [0, 0.05) is 16.7 Å². The van der Waals surface area contributed by atoms with Gasteiger partial charge in [-0.1, -0.05) is 24.7 Å². The number of thiazole rings is 1. The number of nitro groups is 1. The van der Waals surface area contributed by atoms with E-state index < -0.39 is 0 Å². The lowest BCUT2D eigenvalue weighted by Gasteiger charge is -2.19. The fraction of sp³-hybridized carbons (Fsp3) is 0.583. The average Bonchev–Trinajstić information content (AvgIpc) is 3.06. The van der Waals surface area contributed by atoms with Crippen molar-refractivity contribution < 1.29 is 4.92 Å². The lowest BCUT2D eigenvalue weighted by molar-refractivity contribution is -0.389. The van der Waals surface area contributed by atoms with Crippen LogP contribution in [0.5, 0.6) is 0 Å². The number of aromatic nitrogens is 2. The predicted octanol–water partition coefficient (Wildman–Crippen LogP) is 3.39. The average molecular weight is 312 g/mol. The van der Waals surface area contributed by atoms with Gasteiger partial charge < -0.3 is 15.4 Å². The molecule has 20 heavy (non-hydrogen) atoms. The number of imidazole rings is 1. The van der Waals surface area contributed by atoms with Crippen molar-refractivity contribution in [1.82, 2.24) is 9.38 Å². The molecule has 8 heteroatoms. The van der Waals surface area contributed by atoms with Gasteiger partial charge in [-0.3, -0.25) is 0 Å². The molecule has 2 heterocycles. The molecule has 0 radical (unpaired) electrons. The third kappa shape index (κ3) is 2.37. The van der Waals surface area contributed by atoms with Gasteiger partial charge in [-0.15, -0.1) is 0 Å². The molecule has 1 aliphatic rings. The van der Waals surface area contributed by atoms with Crippen LogP contribution in [0.2, 0.25) is 0 Å². The van der Waals surface area contributed by atoms with Crippen molar-refractivity contribution in [3.63, 3.8) is 0 Å². The summed E-state index contributed by atoms with van der Waals surface area (Å²) in [5, 5.41) is 16.9. The molecule has 108 valence electrons. The molecule has 0 spiro atoms. The van der Waals surface area contributed by atoms with Crippen LogP contribution in [-0.2, 0) is 0 Å². The van der Waals surface area contributed by atoms with Gasteiger partial charge in [0.05, 0.1) is 0 Å². The highest BCUT2D eigenvalue weighted by atomic mass is 32.2. The van der Waals surface area contributed by atoms with E-state index in [4.69, 9.17) is 0 Å². The van der Waals surface area contributed by atoms with Gasteiger partial charge >= 0.3 is 5.82 Å². The summed E-state index contributed by atoms with van der Waals surface area (Å²) in [4.78, 5) is 16.0. The van der Waals surface area contributed by atoms with E-state index in [2.05, 4.69) is 17.2 Å². The first-order valence-electron chi connectivity index (χ1n) is 6.68. The second-order valence-corrected chi connectivity index (χ2v) is 7.16. The van der Waals surface area contributed by atoms with E-state index in [-0.39, 0.29) is 16.8 Å². The van der Waals surface area contributed by atoms with E-state index in [0.717, 1.165) is 12.2 Å². The Morgan fingerprint density at radius 1 is 1.65 bits per heavy atom. The van der Waals surface area contributed by atoms with E-state index in [1.165, 1.54) is 24.2 Å². The first kappa shape index (κ1) is 13.7. The molecule has 0 bridgehead atoms. The number of anilines is 1. The number of nitrogens with zero attached hydrogens (tertiary/aromatic N) is 3. The van der Waals surface area contributed by atoms with E-state index in [1.807, 2.05) is 17.1 Å². The summed E-state index contributed by atoms with van der Waals surface area (Å²) in [5.74, 6) is 1.53. The maximum absolute atomic E-state index is 11.3. The molecule has 6 nitrogen and oxygen atoms in total. The molecule has 2 atom stereocenters. The monoisotopic (exact) mass is 312 g/mol. The summed E-state index contributed by atoms with van der Waals surface area (Å²) in [7, 11) is 0. The number of rotatable bonds is 5. The number of fused-ring (bicyclic) bond motifs is 1. The Morgan fingerprint density at radius 3 is 3.25 bits per heavy atom. The van der Waals surface area contributed by atoms with Crippen LogP contribution in [0.15, 0.2) is 11.6 Å². The van der Waals surface area contributed by atoms with Crippen LogP contribution < -0.4 is 5.32 Å². The fourth-order valence-corrected chi connectivity index (χ4v) is 4.63. The lowest BCUT2D eigenvalue weighted by Crippen LogP contribution is -2.26. The summed E-state index contributed by atoms with van der Waals surface area (Å²) in [6, 6.07) is 0.281. The second-order valence-electron chi connectivity index (χ2n) is 4.77. The van der Waals surface area contributed by atoms with Crippen molar-refractivity contribution in [3.8, 4) is 0 Å². The van der Waals surface area contributed by atoms with Crippen molar-refractivity contribution in [1.29, 1.82) is 0 Å². The Kier molecular flexibility index (Phi) is 3.84. The Bertz CT molecular complexity index is 624. The molecule has 0 saturated heterocycles. The molecule has 1 saturated carbocycles. The molecule has 0 aliphatic heterocycles. The third-order valence-corrected chi connectivity index (χ3v) is 5.65. The predicted molar refractivity (Wildman–Crippen MR) is 82.9 cm³/mol. The molecular weight excluding hydrogens is 296 g/mol. The third-order valence-electron chi connectivity index (χ3n) is 3.57. The summed E-state index contributed by atoms with van der Waals surface area (Å²) in [6.45, 7) is 2.15. The standard InChI is InChI=1S/C12H16N4O2S2/c1-2-19-9-5-3-4-8(9)13-10-11(16(17)18)15-6-7-20-12(15)14-10/h6-9,13H,2-5H2,1H3. The minimum atomic E-state index is -0.355. The first-order valence-corrected chi connectivity index (χ1v) is 8.61. The van der Waals surface area contributed by atoms with Gasteiger partial charge in [-0.2, -0.15) is 21.1 Å². The van der Waals surface area contributed by atoms with E-state index in [1.54, 1.807) is 10.6 Å². The largest absolute Gasteiger partial charge is 0.372 e. The van der Waals surface area contributed by atoms with Crippen LogP contribution in [0.1, 0.15) is 26.2 Å². The zero-order valence-corrected chi connectivity index (χ0v) is 12.7. The minimum Gasteiger partial charge on any atom is -0.359 e. The van der Waals surface area contributed by atoms with Gasteiger partial charge in [-0.05, 0) is 23.5 Å². The van der Waals surface area contributed by atoms with Crippen LogP contribution in [0, 0.1) is 10.1 Å². The van der Waals surface area contributed by atoms with Gasteiger partial charge in [0.15, 0.2) is 0 Å². The van der Waals surface area contributed by atoms with Gasteiger partial charge in [0.25, 0.3) is 4.96 Å². The molecule has 0 aromatic carbocycles. The Morgan fingerprint density at radius 2 is 2.50 bits per heavy atom. The quantitative estimate of drug-likeness (QED) is 0.677. The van der Waals surface area contributed by atoms with Crippen molar-refractivity contribution in [2.24, 2.45) is 0 Å². The molecular formula is C12H16N4O2S2. The Labute approximate surface area is 124 Å². The molecule has 1 aliphatic carbocycles. The normalized spacial score (nSPS) is 22.4. The van der Waals surface area contributed by atoms with Crippen molar-refractivity contribution >= 4 is 39.7 Å². The van der Waals surface area contributed by atoms with Gasteiger partial charge in [0.2, 0.25) is 5.82 Å². The molecule has 2 unspecified atom stereocenters. The lowest BCUT2D eigenvalue weighted by atomic mass is 10.2. The highest BCUT2D eigenvalue weighted by Gasteiger charge is 2.31. The topological polar surface area (TPSA) is 72.5 Å². The van der Waals surface area contributed by atoms with Gasteiger partial charge in [0.1, 0.15) is 6.20 Å². The number of nitrogens with one attached hydrogen (secondary N) is 1. The maximum Gasteiger partial charge on any atom is 0.372 e. The van der Waals surface area contributed by atoms with E-state index in [9.17, 15) is 10.1 Å². The Balaban J connectivity index is 1.88.